The van der Waals surface area contributed by atoms with E-state index in [-0.39, 0.29) is 16.5 Å². The zero-order valence-corrected chi connectivity index (χ0v) is 19.5. The van der Waals surface area contributed by atoms with Crippen molar-refractivity contribution in [1.29, 1.82) is 0 Å². The van der Waals surface area contributed by atoms with E-state index < -0.39 is 21.8 Å². The summed E-state index contributed by atoms with van der Waals surface area (Å²) in [6.45, 7) is 0.315. The molecule has 34 heavy (non-hydrogen) atoms. The quantitative estimate of drug-likeness (QED) is 0.411. The van der Waals surface area contributed by atoms with Gasteiger partial charge in [0.1, 0.15) is 12.4 Å². The second-order valence-electron chi connectivity index (χ2n) is 7.77. The normalized spacial score (nSPS) is 13.2. The summed E-state index contributed by atoms with van der Waals surface area (Å²) in [4.78, 5) is 24.8. The van der Waals surface area contributed by atoms with Gasteiger partial charge in [0.15, 0.2) is 0 Å². The monoisotopic (exact) mass is 499 g/mol. The number of benzene rings is 3. The van der Waals surface area contributed by atoms with Crippen LogP contribution in [0, 0.1) is 0 Å². The maximum Gasteiger partial charge on any atom is 0.269 e. The highest BCUT2D eigenvalue weighted by Gasteiger charge is 2.28. The lowest BCUT2D eigenvalue weighted by Gasteiger charge is -2.10. The molecule has 0 atom stereocenters. The molecule has 0 spiro atoms. The summed E-state index contributed by atoms with van der Waals surface area (Å²) < 4.78 is 32.9. The van der Waals surface area contributed by atoms with Crippen LogP contribution < -0.4 is 20.3 Å². The maximum atomic E-state index is 12.4. The Bertz CT molecular complexity index is 1290. The van der Waals surface area contributed by atoms with Crippen molar-refractivity contribution >= 4 is 33.4 Å². The molecule has 0 radical (unpaired) electrons. The van der Waals surface area contributed by atoms with Gasteiger partial charge < -0.3 is 4.74 Å². The van der Waals surface area contributed by atoms with Crippen molar-refractivity contribution in [3.8, 4) is 5.75 Å². The predicted octanol–water partition coefficient (Wildman–Crippen LogP) is 3.43. The zero-order chi connectivity index (χ0) is 24.1. The van der Waals surface area contributed by atoms with Gasteiger partial charge in [-0.25, -0.2) is 13.1 Å². The molecule has 8 nitrogen and oxygen atoms in total. The Balaban J connectivity index is 1.30. The molecule has 0 saturated heterocycles. The average molecular weight is 500 g/mol. The fourth-order valence-corrected chi connectivity index (χ4v) is 4.48. The van der Waals surface area contributed by atoms with Crippen LogP contribution in [0.15, 0.2) is 77.7 Å². The summed E-state index contributed by atoms with van der Waals surface area (Å²) in [5, 5.41) is 0.623. The zero-order valence-electron chi connectivity index (χ0n) is 18.0. The van der Waals surface area contributed by atoms with E-state index in [0.29, 0.717) is 22.9 Å². The lowest BCUT2D eigenvalue weighted by Crippen LogP contribution is -2.41. The van der Waals surface area contributed by atoms with Crippen LogP contribution in [-0.4, -0.2) is 26.3 Å². The number of carbonyl (C=O) groups is 2. The predicted molar refractivity (Wildman–Crippen MR) is 127 cm³/mol. The fourth-order valence-electron chi connectivity index (χ4n) is 3.00. The number of carbonyl (C=O) groups excluding carboxylic acids is 2. The van der Waals surface area contributed by atoms with Crippen LogP contribution in [0.2, 0.25) is 5.02 Å². The highest BCUT2D eigenvalue weighted by molar-refractivity contribution is 7.89. The summed E-state index contributed by atoms with van der Waals surface area (Å²) in [5.74, 6) is -0.475. The molecule has 2 amide bonds. The third kappa shape index (κ3) is 6.34. The summed E-state index contributed by atoms with van der Waals surface area (Å²) >= 11 is 5.85. The first-order chi connectivity index (χ1) is 16.3. The SMILES string of the molecule is O=C(NNC(=O)c1cccc(S(=O)(=O)NC2CC2)c1)c1ccc(COc2ccc(Cl)cc2)cc1. The molecule has 3 aromatic rings. The third-order valence-corrected chi connectivity index (χ3v) is 6.80. The number of hydrogen-bond acceptors (Lipinski definition) is 5. The van der Waals surface area contributed by atoms with E-state index in [1.165, 1.54) is 24.3 Å². The van der Waals surface area contributed by atoms with Crippen LogP contribution in [0.5, 0.6) is 5.75 Å². The molecule has 1 aliphatic carbocycles. The van der Waals surface area contributed by atoms with Crippen LogP contribution in [0.4, 0.5) is 0 Å². The molecular weight excluding hydrogens is 478 g/mol. The Morgan fingerprint density at radius 3 is 2.18 bits per heavy atom. The highest BCUT2D eigenvalue weighted by atomic mass is 35.5. The first kappa shape index (κ1) is 23.7. The number of sulfonamides is 1. The van der Waals surface area contributed by atoms with Gasteiger partial charge in [0, 0.05) is 22.2 Å². The van der Waals surface area contributed by atoms with E-state index in [1.54, 1.807) is 48.5 Å². The number of rotatable bonds is 8. The molecule has 1 saturated carbocycles. The molecule has 0 unspecified atom stereocenters. The Hall–Kier alpha value is -3.40. The molecule has 0 aliphatic heterocycles. The van der Waals surface area contributed by atoms with E-state index in [4.69, 9.17) is 16.3 Å². The lowest BCUT2D eigenvalue weighted by molar-refractivity contribution is 0.0846. The van der Waals surface area contributed by atoms with Crippen molar-refractivity contribution in [2.24, 2.45) is 0 Å². The van der Waals surface area contributed by atoms with Gasteiger partial charge in [0.2, 0.25) is 10.0 Å². The summed E-state index contributed by atoms with van der Waals surface area (Å²) in [5.41, 5.74) is 5.93. The Morgan fingerprint density at radius 1 is 0.882 bits per heavy atom. The first-order valence-electron chi connectivity index (χ1n) is 10.5. The minimum absolute atomic E-state index is 0.00483. The smallest absolute Gasteiger partial charge is 0.269 e. The van der Waals surface area contributed by atoms with Crippen molar-refractivity contribution in [1.82, 2.24) is 15.6 Å². The minimum atomic E-state index is -3.69. The standard InChI is InChI=1S/C24H22ClN3O5S/c25-19-8-12-21(13-9-19)33-15-16-4-6-17(7-5-16)23(29)26-27-24(30)18-2-1-3-22(14-18)34(31,32)28-20-10-11-20/h1-9,12-14,20,28H,10-11,15H2,(H,26,29)(H,27,30). The third-order valence-electron chi connectivity index (χ3n) is 5.03. The molecule has 1 fully saturated rings. The van der Waals surface area contributed by atoms with Gasteiger partial charge in [-0.05, 0) is 73.0 Å². The van der Waals surface area contributed by atoms with E-state index >= 15 is 0 Å². The van der Waals surface area contributed by atoms with Crippen LogP contribution >= 0.6 is 11.6 Å². The van der Waals surface area contributed by atoms with Gasteiger partial charge in [-0.2, -0.15) is 0 Å². The molecule has 0 aromatic heterocycles. The lowest BCUT2D eigenvalue weighted by atomic mass is 10.1. The molecule has 3 aromatic carbocycles. The topological polar surface area (TPSA) is 114 Å². The number of ether oxygens (including phenoxy) is 1. The number of amides is 2. The number of hydrogen-bond donors (Lipinski definition) is 3. The number of nitrogens with one attached hydrogen (secondary N) is 3. The molecule has 0 bridgehead atoms. The summed E-state index contributed by atoms with van der Waals surface area (Å²) in [7, 11) is -3.69. The molecule has 176 valence electrons. The summed E-state index contributed by atoms with van der Waals surface area (Å²) in [6.07, 6.45) is 1.61. The van der Waals surface area contributed by atoms with Crippen LogP contribution in [0.1, 0.15) is 39.1 Å². The van der Waals surface area contributed by atoms with E-state index in [0.717, 1.165) is 18.4 Å². The first-order valence-corrected chi connectivity index (χ1v) is 12.4. The number of hydrazine groups is 1. The van der Waals surface area contributed by atoms with E-state index in [1.807, 2.05) is 0 Å². The molecule has 10 heteroatoms. The van der Waals surface area contributed by atoms with E-state index in [9.17, 15) is 18.0 Å². The highest BCUT2D eigenvalue weighted by Crippen LogP contribution is 2.22. The Labute approximate surface area is 202 Å². The minimum Gasteiger partial charge on any atom is -0.489 e. The molecular formula is C24H22ClN3O5S. The fraction of sp³-hybridized carbons (Fsp3) is 0.167. The van der Waals surface area contributed by atoms with Crippen molar-refractivity contribution in [3.05, 3.63) is 94.5 Å². The van der Waals surface area contributed by atoms with Crippen molar-refractivity contribution in [2.45, 2.75) is 30.4 Å². The Kier molecular flexibility index (Phi) is 7.16. The van der Waals surface area contributed by atoms with Gasteiger partial charge in [-0.15, -0.1) is 0 Å². The van der Waals surface area contributed by atoms with Gasteiger partial charge in [-0.1, -0.05) is 29.8 Å². The molecule has 0 heterocycles. The van der Waals surface area contributed by atoms with Crippen LogP contribution in [0.25, 0.3) is 0 Å². The number of halogens is 1. The van der Waals surface area contributed by atoms with Crippen molar-refractivity contribution < 1.29 is 22.7 Å². The second kappa shape index (κ2) is 10.3. The molecule has 4 rings (SSSR count). The van der Waals surface area contributed by atoms with Gasteiger partial charge in [-0.3, -0.25) is 20.4 Å². The maximum absolute atomic E-state index is 12.4. The van der Waals surface area contributed by atoms with Crippen molar-refractivity contribution in [2.75, 3.05) is 0 Å². The Morgan fingerprint density at radius 2 is 1.53 bits per heavy atom. The van der Waals surface area contributed by atoms with Gasteiger partial charge in [0.05, 0.1) is 4.90 Å². The average Bonchev–Trinajstić information content (AvgIpc) is 3.65. The van der Waals surface area contributed by atoms with E-state index in [2.05, 4.69) is 15.6 Å². The largest absolute Gasteiger partial charge is 0.489 e. The van der Waals surface area contributed by atoms with Gasteiger partial charge in [0.25, 0.3) is 11.8 Å². The van der Waals surface area contributed by atoms with Gasteiger partial charge >= 0.3 is 0 Å². The summed E-state index contributed by atoms with van der Waals surface area (Å²) in [6, 6.07) is 19.3. The van der Waals surface area contributed by atoms with Crippen LogP contribution in [0.3, 0.4) is 0 Å². The second-order valence-corrected chi connectivity index (χ2v) is 9.92. The van der Waals surface area contributed by atoms with Crippen LogP contribution in [-0.2, 0) is 16.6 Å². The molecule has 1 aliphatic rings. The van der Waals surface area contributed by atoms with Crippen molar-refractivity contribution in [3.63, 3.8) is 0 Å². The molecule has 3 N–H and O–H groups in total.